The van der Waals surface area contributed by atoms with Gasteiger partial charge in [0.1, 0.15) is 5.82 Å². The Bertz CT molecular complexity index is 391. The van der Waals surface area contributed by atoms with Crippen LogP contribution in [0.25, 0.3) is 0 Å². The van der Waals surface area contributed by atoms with Crippen molar-refractivity contribution >= 4 is 27.5 Å². The number of rotatable bonds is 3. The summed E-state index contributed by atoms with van der Waals surface area (Å²) in [6.45, 7) is 0. The molecule has 1 aromatic carbocycles. The number of carbonyl (C=O) groups excluding carboxylic acids is 1. The van der Waals surface area contributed by atoms with Gasteiger partial charge < -0.3 is 5.32 Å². The third kappa shape index (κ3) is 4.13. The van der Waals surface area contributed by atoms with E-state index in [0.29, 0.717) is 16.6 Å². The van der Waals surface area contributed by atoms with E-state index in [4.69, 9.17) is 6.42 Å². The summed E-state index contributed by atoms with van der Waals surface area (Å²) in [5, 5.41) is 2.55. The van der Waals surface area contributed by atoms with Crippen LogP contribution in [0, 0.1) is 18.2 Å². The van der Waals surface area contributed by atoms with E-state index in [2.05, 4.69) is 27.2 Å². The van der Waals surface area contributed by atoms with E-state index in [1.165, 1.54) is 12.1 Å². The molecule has 0 saturated heterocycles. The Morgan fingerprint density at radius 1 is 1.53 bits per heavy atom. The fraction of sp³-hybridized carbons (Fsp3) is 0.182. The average molecular weight is 270 g/mol. The summed E-state index contributed by atoms with van der Waals surface area (Å²) in [6, 6.07) is 4.19. The smallest absolute Gasteiger partial charge is 0.225 e. The molecule has 2 nitrogen and oxygen atoms in total. The molecular formula is C11H9BrFNO. The lowest BCUT2D eigenvalue weighted by Gasteiger charge is -2.04. The summed E-state index contributed by atoms with van der Waals surface area (Å²) in [5.41, 5.74) is 0.420. The summed E-state index contributed by atoms with van der Waals surface area (Å²) in [4.78, 5) is 11.2. The largest absolute Gasteiger partial charge is 0.326 e. The molecule has 0 unspecified atom stereocenters. The second-order valence-corrected chi connectivity index (χ2v) is 3.83. The van der Waals surface area contributed by atoms with Crippen molar-refractivity contribution in [2.45, 2.75) is 12.8 Å². The molecule has 0 radical (unpaired) electrons. The summed E-state index contributed by atoms with van der Waals surface area (Å²) in [7, 11) is 0. The molecule has 4 heteroatoms. The molecule has 0 spiro atoms. The zero-order chi connectivity index (χ0) is 11.3. The third-order valence-electron chi connectivity index (χ3n) is 1.64. The van der Waals surface area contributed by atoms with E-state index in [1.54, 1.807) is 6.07 Å². The fourth-order valence-corrected chi connectivity index (χ4v) is 1.50. The Morgan fingerprint density at radius 3 is 2.87 bits per heavy atom. The Balaban J connectivity index is 2.65. The van der Waals surface area contributed by atoms with Crippen molar-refractivity contribution in [3.8, 4) is 12.3 Å². The minimum absolute atomic E-state index is 0.217. The maximum absolute atomic E-state index is 12.9. The molecule has 0 aliphatic carbocycles. The zero-order valence-electron chi connectivity index (χ0n) is 7.89. The number of terminal acetylenes is 1. The van der Waals surface area contributed by atoms with Gasteiger partial charge in [-0.15, -0.1) is 12.3 Å². The molecule has 0 saturated carbocycles. The van der Waals surface area contributed by atoms with Crippen molar-refractivity contribution in [1.82, 2.24) is 0 Å². The van der Waals surface area contributed by atoms with E-state index in [9.17, 15) is 9.18 Å². The van der Waals surface area contributed by atoms with Gasteiger partial charge in [-0.3, -0.25) is 4.79 Å². The average Bonchev–Trinajstić information content (AvgIpc) is 2.13. The van der Waals surface area contributed by atoms with E-state index < -0.39 is 5.82 Å². The quantitative estimate of drug-likeness (QED) is 0.840. The molecule has 1 rings (SSSR count). The number of hydrogen-bond donors (Lipinski definition) is 1. The van der Waals surface area contributed by atoms with Gasteiger partial charge in [0.25, 0.3) is 0 Å². The van der Waals surface area contributed by atoms with Crippen molar-refractivity contribution in [3.05, 3.63) is 28.5 Å². The number of anilines is 1. The van der Waals surface area contributed by atoms with Crippen molar-refractivity contribution in [3.63, 3.8) is 0 Å². The van der Waals surface area contributed by atoms with Gasteiger partial charge in [0.2, 0.25) is 5.91 Å². The predicted octanol–water partition coefficient (Wildman–Crippen LogP) is 2.94. The SMILES string of the molecule is C#CCCC(=O)Nc1cc(F)cc(Br)c1. The molecule has 15 heavy (non-hydrogen) atoms. The van der Waals surface area contributed by atoms with Crippen molar-refractivity contribution < 1.29 is 9.18 Å². The first-order valence-corrected chi connectivity index (χ1v) is 5.10. The van der Waals surface area contributed by atoms with Gasteiger partial charge in [-0.2, -0.15) is 0 Å². The van der Waals surface area contributed by atoms with Crippen LogP contribution in [0.1, 0.15) is 12.8 Å². The zero-order valence-corrected chi connectivity index (χ0v) is 9.47. The highest BCUT2D eigenvalue weighted by Crippen LogP contribution is 2.18. The van der Waals surface area contributed by atoms with Crippen LogP contribution in [0.4, 0.5) is 10.1 Å². The molecule has 0 fully saturated rings. The van der Waals surface area contributed by atoms with Gasteiger partial charge in [-0.05, 0) is 18.2 Å². The van der Waals surface area contributed by atoms with E-state index >= 15 is 0 Å². The molecule has 1 N–H and O–H groups in total. The number of carbonyl (C=O) groups is 1. The second kappa shape index (κ2) is 5.52. The van der Waals surface area contributed by atoms with Crippen LogP contribution >= 0.6 is 15.9 Å². The van der Waals surface area contributed by atoms with Gasteiger partial charge in [-0.25, -0.2) is 4.39 Å². The molecule has 0 bridgehead atoms. The number of hydrogen-bond acceptors (Lipinski definition) is 1. The van der Waals surface area contributed by atoms with Crippen LogP contribution in [-0.4, -0.2) is 5.91 Å². The van der Waals surface area contributed by atoms with Crippen molar-refractivity contribution in [2.24, 2.45) is 0 Å². The Morgan fingerprint density at radius 2 is 2.27 bits per heavy atom. The van der Waals surface area contributed by atoms with E-state index in [1.807, 2.05) is 0 Å². The highest BCUT2D eigenvalue weighted by atomic mass is 79.9. The first-order chi connectivity index (χ1) is 7.11. The number of amides is 1. The molecule has 0 aromatic heterocycles. The third-order valence-corrected chi connectivity index (χ3v) is 2.10. The Kier molecular flexibility index (Phi) is 4.32. The normalized spacial score (nSPS) is 9.40. The van der Waals surface area contributed by atoms with Crippen LogP contribution in [0.2, 0.25) is 0 Å². The molecular weight excluding hydrogens is 261 g/mol. The number of benzene rings is 1. The van der Waals surface area contributed by atoms with Crippen molar-refractivity contribution in [1.29, 1.82) is 0 Å². The topological polar surface area (TPSA) is 29.1 Å². The maximum atomic E-state index is 12.9. The lowest BCUT2D eigenvalue weighted by Crippen LogP contribution is -2.10. The van der Waals surface area contributed by atoms with Gasteiger partial charge in [0.05, 0.1) is 0 Å². The summed E-state index contributed by atoms with van der Waals surface area (Å²) in [6.07, 6.45) is 5.64. The van der Waals surface area contributed by atoms with Gasteiger partial charge in [-0.1, -0.05) is 15.9 Å². The summed E-state index contributed by atoms with van der Waals surface area (Å²) >= 11 is 3.13. The van der Waals surface area contributed by atoms with Crippen LogP contribution < -0.4 is 5.32 Å². The lowest BCUT2D eigenvalue weighted by molar-refractivity contribution is -0.116. The van der Waals surface area contributed by atoms with Crippen LogP contribution in [0.15, 0.2) is 22.7 Å². The predicted molar refractivity (Wildman–Crippen MR) is 60.8 cm³/mol. The molecule has 78 valence electrons. The number of halogens is 2. The van der Waals surface area contributed by atoms with E-state index in [0.717, 1.165) is 0 Å². The number of nitrogens with one attached hydrogen (secondary N) is 1. The molecule has 0 aliphatic rings. The minimum Gasteiger partial charge on any atom is -0.326 e. The van der Waals surface area contributed by atoms with Gasteiger partial charge in [0, 0.05) is 23.0 Å². The lowest BCUT2D eigenvalue weighted by atomic mass is 10.2. The second-order valence-electron chi connectivity index (χ2n) is 2.91. The highest BCUT2D eigenvalue weighted by molar-refractivity contribution is 9.10. The molecule has 1 aromatic rings. The van der Waals surface area contributed by atoms with Gasteiger partial charge >= 0.3 is 0 Å². The summed E-state index contributed by atoms with van der Waals surface area (Å²) in [5.74, 6) is 1.74. The molecule has 0 atom stereocenters. The Hall–Kier alpha value is -1.34. The van der Waals surface area contributed by atoms with E-state index in [-0.39, 0.29) is 12.3 Å². The fourth-order valence-electron chi connectivity index (χ4n) is 1.04. The standard InChI is InChI=1S/C11H9BrFNO/c1-2-3-4-11(15)14-10-6-8(12)5-9(13)7-10/h1,5-7H,3-4H2,(H,14,15). The Labute approximate surface area is 96.0 Å². The maximum Gasteiger partial charge on any atom is 0.225 e. The molecule has 1 amide bonds. The van der Waals surface area contributed by atoms with Crippen LogP contribution in [-0.2, 0) is 4.79 Å². The van der Waals surface area contributed by atoms with Crippen LogP contribution in [0.5, 0.6) is 0 Å². The monoisotopic (exact) mass is 269 g/mol. The summed E-state index contributed by atoms with van der Waals surface area (Å²) < 4.78 is 13.5. The molecule has 0 aliphatic heterocycles. The van der Waals surface area contributed by atoms with Gasteiger partial charge in [0.15, 0.2) is 0 Å². The van der Waals surface area contributed by atoms with Crippen LogP contribution in [0.3, 0.4) is 0 Å². The van der Waals surface area contributed by atoms with Crippen molar-refractivity contribution in [2.75, 3.05) is 5.32 Å². The first kappa shape index (κ1) is 11.7. The molecule has 0 heterocycles. The first-order valence-electron chi connectivity index (χ1n) is 4.31. The highest BCUT2D eigenvalue weighted by Gasteiger charge is 2.03. The minimum atomic E-state index is -0.406.